The molecule has 3 nitrogen and oxygen atoms in total. The van der Waals surface area contributed by atoms with Gasteiger partial charge in [-0.2, -0.15) is 0 Å². The molecule has 0 unspecified atom stereocenters. The molecule has 14 heavy (non-hydrogen) atoms. The molecule has 1 fully saturated rings. The van der Waals surface area contributed by atoms with Gasteiger partial charge in [-0.3, -0.25) is 0 Å². The number of hydrogen-bond acceptors (Lipinski definition) is 1. The first kappa shape index (κ1) is 12.0. The van der Waals surface area contributed by atoms with E-state index in [1.54, 1.807) is 0 Å². The maximum atomic E-state index is 12.0. The van der Waals surface area contributed by atoms with Crippen LogP contribution in [0.4, 0.5) is 0 Å². The average molecular weight is 200 g/mol. The summed E-state index contributed by atoms with van der Waals surface area (Å²) in [5, 5.41) is 15.7. The molecule has 0 atom stereocenters. The molecule has 0 saturated carbocycles. The fourth-order valence-electron chi connectivity index (χ4n) is 2.84. The largest absolute Gasteiger partial charge is 0.344 e. The van der Waals surface area contributed by atoms with E-state index < -0.39 is 0 Å². The van der Waals surface area contributed by atoms with Crippen LogP contribution in [0.3, 0.4) is 0 Å². The second-order valence-electron chi connectivity index (χ2n) is 5.73. The Morgan fingerprint density at radius 1 is 1.21 bits per heavy atom. The van der Waals surface area contributed by atoms with Crippen LogP contribution in [-0.4, -0.2) is 28.7 Å². The molecule has 83 valence electrons. The van der Waals surface area contributed by atoms with Crippen LogP contribution in [0.2, 0.25) is 0 Å². The van der Waals surface area contributed by atoms with Crippen LogP contribution >= 0.6 is 0 Å². The lowest BCUT2D eigenvalue weighted by molar-refractivity contribution is -0.694. The first-order valence-electron chi connectivity index (χ1n) is 5.60. The lowest BCUT2D eigenvalue weighted by Gasteiger charge is -2.48. The van der Waals surface area contributed by atoms with E-state index in [4.69, 9.17) is 0 Å². The van der Waals surface area contributed by atoms with Crippen molar-refractivity contribution in [3.63, 3.8) is 0 Å². The van der Waals surface area contributed by atoms with Gasteiger partial charge in [0, 0.05) is 23.9 Å². The van der Waals surface area contributed by atoms with Gasteiger partial charge in [0.2, 0.25) is 0 Å². The van der Waals surface area contributed by atoms with E-state index in [0.29, 0.717) is 6.04 Å². The number of rotatable bonds is 2. The van der Waals surface area contributed by atoms with Gasteiger partial charge in [0.05, 0.1) is 12.6 Å². The first-order valence-corrected chi connectivity index (χ1v) is 5.60. The van der Waals surface area contributed by atoms with Gasteiger partial charge in [-0.15, -0.1) is 10.3 Å². The highest BCUT2D eigenvalue weighted by Crippen LogP contribution is 2.35. The Labute approximate surface area is 87.4 Å². The van der Waals surface area contributed by atoms with E-state index in [9.17, 15) is 5.21 Å². The fourth-order valence-corrected chi connectivity index (χ4v) is 2.84. The van der Waals surface area contributed by atoms with E-state index in [2.05, 4.69) is 39.9 Å². The molecule has 0 aliphatic carbocycles. The Hall–Kier alpha value is -0.120. The molecule has 0 aromatic rings. The predicted molar refractivity (Wildman–Crippen MR) is 56.2 cm³/mol. The Kier molecular flexibility index (Phi) is 3.24. The molecule has 0 bridgehead atoms. The highest BCUT2D eigenvalue weighted by molar-refractivity contribution is 4.95. The Balaban J connectivity index is 2.75. The molecule has 2 N–H and O–H groups in total. The number of quaternary nitrogens is 1. The minimum absolute atomic E-state index is 0.210. The summed E-state index contributed by atoms with van der Waals surface area (Å²) in [6.07, 6.45) is 1.99. The van der Waals surface area contributed by atoms with Gasteiger partial charge in [0.25, 0.3) is 0 Å². The molecular formula is C11H24N2O+. The second-order valence-corrected chi connectivity index (χ2v) is 5.73. The molecule has 3 heteroatoms. The van der Waals surface area contributed by atoms with Crippen LogP contribution in [0, 0.1) is 0 Å². The van der Waals surface area contributed by atoms with Gasteiger partial charge >= 0.3 is 0 Å². The van der Waals surface area contributed by atoms with Gasteiger partial charge in [-0.1, -0.05) is 0 Å². The summed E-state index contributed by atoms with van der Waals surface area (Å²) in [5.41, 5.74) is -0.420. The average Bonchev–Trinajstić information content (AvgIpc) is 1.99. The van der Waals surface area contributed by atoms with Crippen molar-refractivity contribution in [3.8, 4) is 0 Å². The van der Waals surface area contributed by atoms with Gasteiger partial charge in [0.1, 0.15) is 0 Å². The highest BCUT2D eigenvalue weighted by Gasteiger charge is 2.47. The van der Waals surface area contributed by atoms with Gasteiger partial charge in [-0.25, -0.2) is 0 Å². The highest BCUT2D eigenvalue weighted by atomic mass is 16.5. The lowest BCUT2D eigenvalue weighted by atomic mass is 9.79. The normalized spacial score (nSPS) is 27.9. The topological polar surface area (TPSA) is 39.8 Å². The van der Waals surface area contributed by atoms with Gasteiger partial charge in [-0.05, 0) is 34.6 Å². The molecule has 0 spiro atoms. The Bertz CT molecular complexity index is 183. The lowest BCUT2D eigenvalue weighted by Crippen LogP contribution is -2.92. The van der Waals surface area contributed by atoms with E-state index in [1.165, 1.54) is 5.06 Å². The number of nitrogens with two attached hydrogens (primary N) is 1. The van der Waals surface area contributed by atoms with Crippen molar-refractivity contribution in [1.82, 2.24) is 5.06 Å². The van der Waals surface area contributed by atoms with Crippen molar-refractivity contribution in [1.29, 1.82) is 0 Å². The summed E-state index contributed by atoms with van der Waals surface area (Å²) in [6, 6.07) is 0.607. The third kappa shape index (κ3) is 2.27. The molecule has 0 amide bonds. The molecule has 0 aromatic carbocycles. The van der Waals surface area contributed by atoms with Gasteiger partial charge < -0.3 is 5.32 Å². The van der Waals surface area contributed by atoms with Crippen LogP contribution in [0.25, 0.3) is 0 Å². The third-order valence-electron chi connectivity index (χ3n) is 3.19. The summed E-state index contributed by atoms with van der Waals surface area (Å²) < 4.78 is 0. The third-order valence-corrected chi connectivity index (χ3v) is 3.19. The smallest absolute Gasteiger partial charge is 0.0896 e. The van der Waals surface area contributed by atoms with E-state index in [1.807, 2.05) is 0 Å². The van der Waals surface area contributed by atoms with Crippen LogP contribution in [0.5, 0.6) is 0 Å². The van der Waals surface area contributed by atoms with Crippen molar-refractivity contribution >= 4 is 0 Å². The van der Waals surface area contributed by atoms with Crippen molar-refractivity contribution in [3.05, 3.63) is 0 Å². The van der Waals surface area contributed by atoms with E-state index >= 15 is 0 Å². The molecule has 1 rings (SSSR count). The molecule has 1 saturated heterocycles. The molecule has 1 heterocycles. The summed E-state index contributed by atoms with van der Waals surface area (Å²) >= 11 is 0. The van der Waals surface area contributed by atoms with Crippen molar-refractivity contribution in [2.24, 2.45) is 0 Å². The summed E-state index contributed by atoms with van der Waals surface area (Å²) in [6.45, 7) is 11.5. The summed E-state index contributed by atoms with van der Waals surface area (Å²) in [5.74, 6) is 0. The fraction of sp³-hybridized carbons (Fsp3) is 1.00. The van der Waals surface area contributed by atoms with Gasteiger partial charge in [0.15, 0.2) is 0 Å². The SMILES string of the molecule is CC[NH2+]C1CC(C)(C)N([O])C(C)(C)C1. The Morgan fingerprint density at radius 2 is 1.64 bits per heavy atom. The molecule has 1 aliphatic heterocycles. The second kappa shape index (κ2) is 3.80. The number of hydroxylamine groups is 2. The van der Waals surface area contributed by atoms with Crippen molar-refractivity contribution in [2.75, 3.05) is 6.54 Å². The maximum Gasteiger partial charge on any atom is 0.0896 e. The number of hydrogen-bond donors (Lipinski definition) is 1. The van der Waals surface area contributed by atoms with E-state index in [-0.39, 0.29) is 11.1 Å². The van der Waals surface area contributed by atoms with Crippen molar-refractivity contribution < 1.29 is 10.5 Å². The Morgan fingerprint density at radius 3 is 2.00 bits per heavy atom. The van der Waals surface area contributed by atoms with Crippen molar-refractivity contribution in [2.45, 2.75) is 64.6 Å². The number of piperidine rings is 1. The zero-order chi connectivity index (χ0) is 11.0. The standard InChI is InChI=1S/C11H23N2O/c1-6-12-9-7-10(2,3)13(14)11(4,5)8-9/h9,12H,6-8H2,1-5H3/p+1. The molecule has 0 aromatic heterocycles. The summed E-state index contributed by atoms with van der Waals surface area (Å²) in [4.78, 5) is 0. The summed E-state index contributed by atoms with van der Waals surface area (Å²) in [7, 11) is 0. The molecule has 1 aliphatic rings. The minimum Gasteiger partial charge on any atom is -0.344 e. The molecule has 1 radical (unpaired) electrons. The monoisotopic (exact) mass is 200 g/mol. The number of nitrogens with zero attached hydrogens (tertiary/aromatic N) is 1. The zero-order valence-electron chi connectivity index (χ0n) is 10.1. The van der Waals surface area contributed by atoms with E-state index in [0.717, 1.165) is 19.4 Å². The predicted octanol–water partition coefficient (Wildman–Crippen LogP) is 0.937. The van der Waals surface area contributed by atoms with Crippen LogP contribution in [0.15, 0.2) is 0 Å². The van der Waals surface area contributed by atoms with Crippen LogP contribution in [-0.2, 0) is 5.21 Å². The van der Waals surface area contributed by atoms with Crippen LogP contribution < -0.4 is 5.32 Å². The molecular weight excluding hydrogens is 176 g/mol. The quantitative estimate of drug-likeness (QED) is 0.708. The first-order chi connectivity index (χ1) is 6.29. The minimum atomic E-state index is -0.210. The van der Waals surface area contributed by atoms with Crippen LogP contribution in [0.1, 0.15) is 47.5 Å². The zero-order valence-corrected chi connectivity index (χ0v) is 10.1. The maximum absolute atomic E-state index is 12.0.